The van der Waals surface area contributed by atoms with E-state index in [1.807, 2.05) is 12.4 Å². The van der Waals surface area contributed by atoms with Gasteiger partial charge >= 0.3 is 0 Å². The van der Waals surface area contributed by atoms with Gasteiger partial charge < -0.3 is 15.5 Å². The van der Waals surface area contributed by atoms with Crippen LogP contribution in [0.15, 0.2) is 68.6 Å². The van der Waals surface area contributed by atoms with Gasteiger partial charge in [0.05, 0.1) is 12.2 Å². The van der Waals surface area contributed by atoms with Gasteiger partial charge in [0.1, 0.15) is 12.2 Å². The molecule has 2 unspecified atom stereocenters. The van der Waals surface area contributed by atoms with Gasteiger partial charge in [-0.2, -0.15) is 5.10 Å². The van der Waals surface area contributed by atoms with Crippen LogP contribution in [0.3, 0.4) is 0 Å². The molecular formula is C27H35N7O. The molecule has 3 heterocycles. The molecule has 1 fully saturated rings. The molecule has 2 aliphatic carbocycles. The van der Waals surface area contributed by atoms with Gasteiger partial charge in [-0.3, -0.25) is 14.9 Å². The van der Waals surface area contributed by atoms with Gasteiger partial charge in [-0.15, -0.1) is 0 Å². The van der Waals surface area contributed by atoms with Crippen molar-refractivity contribution in [2.45, 2.75) is 57.4 Å². The predicted molar refractivity (Wildman–Crippen MR) is 139 cm³/mol. The molecule has 0 radical (unpaired) electrons. The van der Waals surface area contributed by atoms with Crippen molar-refractivity contribution < 1.29 is 4.79 Å². The SMILES string of the molecule is CN=CN=C(C1=CC(c2cn[nH]c2)C=C(C)C1)N1CCC2=C(C=C(NC(=O)C3CCCN3)CC2)C1. The Kier molecular flexibility index (Phi) is 7.08. The molecule has 1 saturated heterocycles. The highest BCUT2D eigenvalue weighted by atomic mass is 16.2. The minimum atomic E-state index is -0.0566. The summed E-state index contributed by atoms with van der Waals surface area (Å²) in [6, 6.07) is -0.0566. The number of carbonyl (C=O) groups is 1. The Morgan fingerprint density at radius 2 is 2.20 bits per heavy atom. The van der Waals surface area contributed by atoms with E-state index in [1.54, 1.807) is 13.4 Å². The number of hydrogen-bond acceptors (Lipinski definition) is 4. The maximum Gasteiger partial charge on any atom is 0.241 e. The molecule has 2 atom stereocenters. The molecule has 8 heteroatoms. The number of aromatic amines is 1. The molecule has 5 rings (SSSR count). The van der Waals surface area contributed by atoms with E-state index in [-0.39, 0.29) is 17.9 Å². The number of aromatic nitrogens is 2. The zero-order valence-corrected chi connectivity index (χ0v) is 20.7. The van der Waals surface area contributed by atoms with E-state index in [4.69, 9.17) is 4.99 Å². The molecule has 184 valence electrons. The molecular weight excluding hydrogens is 438 g/mol. The van der Waals surface area contributed by atoms with Crippen molar-refractivity contribution in [2.24, 2.45) is 9.98 Å². The van der Waals surface area contributed by atoms with Crippen LogP contribution in [-0.4, -0.2) is 65.9 Å². The van der Waals surface area contributed by atoms with Crippen LogP contribution in [-0.2, 0) is 4.79 Å². The van der Waals surface area contributed by atoms with Crippen LogP contribution in [0.2, 0.25) is 0 Å². The average molecular weight is 474 g/mol. The lowest BCUT2D eigenvalue weighted by Gasteiger charge is -2.36. The fraction of sp³-hybridized carbons (Fsp3) is 0.481. The zero-order chi connectivity index (χ0) is 24.2. The monoisotopic (exact) mass is 473 g/mol. The van der Waals surface area contributed by atoms with Crippen LogP contribution in [0, 0.1) is 0 Å². The molecule has 3 N–H and O–H groups in total. The van der Waals surface area contributed by atoms with Gasteiger partial charge in [-0.05, 0) is 69.2 Å². The number of hydrogen-bond donors (Lipinski definition) is 3. The first kappa shape index (κ1) is 23.5. The van der Waals surface area contributed by atoms with E-state index in [2.05, 4.69) is 55.9 Å². The van der Waals surface area contributed by atoms with Crippen molar-refractivity contribution in [3.63, 3.8) is 0 Å². The van der Waals surface area contributed by atoms with E-state index in [1.165, 1.54) is 22.3 Å². The number of rotatable bonds is 5. The Labute approximate surface area is 207 Å². The zero-order valence-electron chi connectivity index (χ0n) is 20.7. The minimum absolute atomic E-state index is 0.0566. The number of amides is 1. The topological polar surface area (TPSA) is 97.8 Å². The van der Waals surface area contributed by atoms with Gasteiger partial charge in [0.15, 0.2) is 0 Å². The van der Waals surface area contributed by atoms with Crippen molar-refractivity contribution >= 4 is 18.1 Å². The van der Waals surface area contributed by atoms with Crippen LogP contribution in [0.1, 0.15) is 56.9 Å². The number of nitrogens with one attached hydrogen (secondary N) is 3. The van der Waals surface area contributed by atoms with E-state index >= 15 is 0 Å². The number of nitrogens with zero attached hydrogens (tertiary/aromatic N) is 4. The summed E-state index contributed by atoms with van der Waals surface area (Å²) in [4.78, 5) is 24.0. The van der Waals surface area contributed by atoms with Crippen LogP contribution in [0.5, 0.6) is 0 Å². The third-order valence-electron chi connectivity index (χ3n) is 7.30. The molecule has 1 aromatic heterocycles. The molecule has 8 nitrogen and oxygen atoms in total. The highest BCUT2D eigenvalue weighted by Gasteiger charge is 2.28. The maximum atomic E-state index is 12.6. The Hall–Kier alpha value is -3.26. The highest BCUT2D eigenvalue weighted by Crippen LogP contribution is 2.34. The molecule has 0 bridgehead atoms. The lowest BCUT2D eigenvalue weighted by Crippen LogP contribution is -2.41. The minimum Gasteiger partial charge on any atom is -0.352 e. The first-order valence-corrected chi connectivity index (χ1v) is 12.7. The normalized spacial score (nSPS) is 25.4. The molecule has 0 saturated carbocycles. The fourth-order valence-electron chi connectivity index (χ4n) is 5.52. The van der Waals surface area contributed by atoms with Crippen molar-refractivity contribution in [1.82, 2.24) is 25.7 Å². The third kappa shape index (κ3) is 5.37. The van der Waals surface area contributed by atoms with E-state index in [9.17, 15) is 4.79 Å². The Bertz CT molecular complexity index is 1130. The number of allylic oxidation sites excluding steroid dienone is 4. The van der Waals surface area contributed by atoms with Gasteiger partial charge in [0, 0.05) is 43.5 Å². The summed E-state index contributed by atoms with van der Waals surface area (Å²) in [6.07, 6.45) is 18.1. The summed E-state index contributed by atoms with van der Waals surface area (Å²) in [5.74, 6) is 1.27. The third-order valence-corrected chi connectivity index (χ3v) is 7.30. The molecule has 4 aliphatic rings. The molecule has 2 aliphatic heterocycles. The smallest absolute Gasteiger partial charge is 0.241 e. The molecule has 35 heavy (non-hydrogen) atoms. The second kappa shape index (κ2) is 10.6. The number of carbonyl (C=O) groups excluding carboxylic acids is 1. The summed E-state index contributed by atoms with van der Waals surface area (Å²) < 4.78 is 0. The van der Waals surface area contributed by atoms with Gasteiger partial charge in [0.25, 0.3) is 0 Å². The summed E-state index contributed by atoms with van der Waals surface area (Å²) in [5.41, 5.74) is 7.56. The van der Waals surface area contributed by atoms with E-state index in [0.717, 1.165) is 75.3 Å². The van der Waals surface area contributed by atoms with Crippen molar-refractivity contribution in [2.75, 3.05) is 26.7 Å². The second-order valence-electron chi connectivity index (χ2n) is 9.87. The summed E-state index contributed by atoms with van der Waals surface area (Å²) in [5, 5.41) is 13.6. The van der Waals surface area contributed by atoms with Crippen molar-refractivity contribution in [1.29, 1.82) is 0 Å². The maximum absolute atomic E-state index is 12.6. The van der Waals surface area contributed by atoms with Crippen molar-refractivity contribution in [3.8, 4) is 0 Å². The van der Waals surface area contributed by atoms with E-state index in [0.29, 0.717) is 0 Å². The lowest BCUT2D eigenvalue weighted by atomic mass is 9.86. The first-order valence-electron chi connectivity index (χ1n) is 12.7. The van der Waals surface area contributed by atoms with Crippen molar-refractivity contribution in [3.05, 3.63) is 64.2 Å². The molecule has 0 aromatic carbocycles. The van der Waals surface area contributed by atoms with Gasteiger partial charge in [-0.25, -0.2) is 4.99 Å². The summed E-state index contributed by atoms with van der Waals surface area (Å²) >= 11 is 0. The Morgan fingerprint density at radius 3 is 2.97 bits per heavy atom. The number of aliphatic imine (C=N–C) groups is 2. The van der Waals surface area contributed by atoms with Crippen LogP contribution < -0.4 is 10.6 Å². The second-order valence-corrected chi connectivity index (χ2v) is 9.87. The number of amidine groups is 1. The molecule has 0 spiro atoms. The van der Waals surface area contributed by atoms with Gasteiger partial charge in [0.2, 0.25) is 5.91 Å². The van der Waals surface area contributed by atoms with Crippen LogP contribution >= 0.6 is 0 Å². The summed E-state index contributed by atoms with van der Waals surface area (Å²) in [6.45, 7) is 4.84. The summed E-state index contributed by atoms with van der Waals surface area (Å²) in [7, 11) is 1.75. The predicted octanol–water partition coefficient (Wildman–Crippen LogP) is 3.37. The quantitative estimate of drug-likeness (QED) is 0.347. The first-order chi connectivity index (χ1) is 17.1. The van der Waals surface area contributed by atoms with Crippen LogP contribution in [0.4, 0.5) is 0 Å². The van der Waals surface area contributed by atoms with E-state index < -0.39 is 0 Å². The lowest BCUT2D eigenvalue weighted by molar-refractivity contribution is -0.122. The average Bonchev–Trinajstić information content (AvgIpc) is 3.59. The Morgan fingerprint density at radius 1 is 1.29 bits per heavy atom. The fourth-order valence-corrected chi connectivity index (χ4v) is 5.52. The molecule has 1 amide bonds. The van der Waals surface area contributed by atoms with Crippen LogP contribution in [0.25, 0.3) is 0 Å². The number of H-pyrrole nitrogens is 1. The molecule has 1 aromatic rings. The van der Waals surface area contributed by atoms with Gasteiger partial charge in [-0.1, -0.05) is 23.3 Å². The standard InChI is InChI=1S/C27H35N7O/c1-18-10-20(23-14-31-32-15-23)12-21(11-18)26(30-17-28-2)34-9-7-19-5-6-24(13-22(19)16-34)33-27(35)25-4-3-8-29-25/h10,12-15,17,20,25,29H,3-9,11,16H2,1-2H3,(H,31,32)(H,33,35). The largest absolute Gasteiger partial charge is 0.352 e. The highest BCUT2D eigenvalue weighted by molar-refractivity contribution is 6.03. The Balaban J connectivity index is 1.36.